The summed E-state index contributed by atoms with van der Waals surface area (Å²) in [4.78, 5) is 41.8. The molecule has 0 aromatic heterocycles. The minimum absolute atomic E-state index is 0.111. The van der Waals surface area contributed by atoms with Crippen molar-refractivity contribution >= 4 is 17.8 Å². The molecule has 2 N–H and O–H groups in total. The molecule has 2 amide bonds. The van der Waals surface area contributed by atoms with Gasteiger partial charge in [-0.15, -0.1) is 6.58 Å². The number of rotatable bonds is 10. The van der Waals surface area contributed by atoms with Crippen LogP contribution in [0.15, 0.2) is 12.7 Å². The molecular formula is C20H30N2O6. The van der Waals surface area contributed by atoms with Crippen molar-refractivity contribution in [1.29, 1.82) is 0 Å². The number of hydrogen-bond donors (Lipinski definition) is 2. The lowest BCUT2D eigenvalue weighted by Crippen LogP contribution is -2.56. The van der Waals surface area contributed by atoms with Crippen molar-refractivity contribution in [2.75, 3.05) is 26.2 Å². The number of carboxylic acids is 1. The lowest BCUT2D eigenvalue weighted by Gasteiger charge is -2.36. The standard InChI is InChI=1S/C20H30N2O6/c1-3-5-10-21(9-4-2)18(25)16-20-8-7-13(28-20)14(19(26)27)15(20)17(24)22(16)11-6-12-23/h4,13-16,23H,2-3,5-12H2,1H3,(H,26,27)/t13-,14+,15+,16-,20+/m0/s1. The molecule has 5 atom stereocenters. The maximum absolute atomic E-state index is 13.6. The zero-order valence-corrected chi connectivity index (χ0v) is 16.4. The van der Waals surface area contributed by atoms with E-state index in [4.69, 9.17) is 4.74 Å². The molecule has 0 unspecified atom stereocenters. The SMILES string of the molecule is C=CCN(CCCC)C(=O)[C@@H]1N(CCCO)C(=O)[C@H]2[C@H](C(=O)O)[C@@H]3CC[C@]12O3. The zero-order valence-electron chi connectivity index (χ0n) is 16.4. The average Bonchev–Trinajstić information content (AvgIpc) is 3.30. The zero-order chi connectivity index (χ0) is 20.5. The molecule has 8 nitrogen and oxygen atoms in total. The van der Waals surface area contributed by atoms with Crippen LogP contribution < -0.4 is 0 Å². The molecule has 8 heteroatoms. The third-order valence-electron chi connectivity index (χ3n) is 6.32. The molecule has 0 radical (unpaired) electrons. The predicted octanol–water partition coefficient (Wildman–Crippen LogP) is 0.643. The van der Waals surface area contributed by atoms with E-state index in [0.717, 1.165) is 12.8 Å². The molecule has 28 heavy (non-hydrogen) atoms. The van der Waals surface area contributed by atoms with Crippen molar-refractivity contribution in [2.45, 2.75) is 56.8 Å². The van der Waals surface area contributed by atoms with Gasteiger partial charge in [-0.2, -0.15) is 0 Å². The molecule has 3 saturated heterocycles. The highest BCUT2D eigenvalue weighted by Gasteiger charge is 2.74. The lowest BCUT2D eigenvalue weighted by molar-refractivity contribution is -0.151. The summed E-state index contributed by atoms with van der Waals surface area (Å²) < 4.78 is 6.13. The maximum atomic E-state index is 13.6. The third-order valence-corrected chi connectivity index (χ3v) is 6.32. The normalized spacial score (nSPS) is 33.2. The first-order valence-corrected chi connectivity index (χ1v) is 10.1. The number of likely N-dealkylation sites (tertiary alicyclic amines) is 1. The maximum Gasteiger partial charge on any atom is 0.310 e. The molecule has 156 valence electrons. The van der Waals surface area contributed by atoms with Crippen molar-refractivity contribution in [2.24, 2.45) is 11.8 Å². The number of carbonyl (C=O) groups is 3. The molecular weight excluding hydrogens is 364 g/mol. The van der Waals surface area contributed by atoms with Gasteiger partial charge in [0, 0.05) is 26.2 Å². The Bertz CT molecular complexity index is 653. The number of nitrogens with zero attached hydrogens (tertiary/aromatic N) is 2. The van der Waals surface area contributed by atoms with Gasteiger partial charge in [-0.05, 0) is 25.7 Å². The number of ether oxygens (including phenoxy) is 1. The van der Waals surface area contributed by atoms with Crippen molar-refractivity contribution in [3.05, 3.63) is 12.7 Å². The summed E-state index contributed by atoms with van der Waals surface area (Å²) in [7, 11) is 0. The van der Waals surface area contributed by atoms with Crippen LogP contribution in [0.2, 0.25) is 0 Å². The predicted molar refractivity (Wildman–Crippen MR) is 100 cm³/mol. The molecule has 0 aromatic carbocycles. The van der Waals surface area contributed by atoms with Gasteiger partial charge in [-0.3, -0.25) is 14.4 Å². The van der Waals surface area contributed by atoms with E-state index in [1.165, 1.54) is 4.90 Å². The number of amides is 2. The van der Waals surface area contributed by atoms with Crippen LogP contribution in [0.25, 0.3) is 0 Å². The largest absolute Gasteiger partial charge is 0.481 e. The van der Waals surface area contributed by atoms with E-state index in [0.29, 0.717) is 32.4 Å². The Kier molecular flexibility index (Phi) is 6.09. The fourth-order valence-electron chi connectivity index (χ4n) is 5.16. The molecule has 3 aliphatic heterocycles. The third kappa shape index (κ3) is 3.12. The Morgan fingerprint density at radius 2 is 2.18 bits per heavy atom. The van der Waals surface area contributed by atoms with Crippen LogP contribution in [0.4, 0.5) is 0 Å². The smallest absolute Gasteiger partial charge is 0.310 e. The lowest BCUT2D eigenvalue weighted by atomic mass is 9.70. The van der Waals surface area contributed by atoms with Gasteiger partial charge in [-0.1, -0.05) is 19.4 Å². The van der Waals surface area contributed by atoms with E-state index >= 15 is 0 Å². The van der Waals surface area contributed by atoms with Crippen LogP contribution in [-0.4, -0.2) is 81.8 Å². The number of aliphatic carboxylic acids is 1. The van der Waals surface area contributed by atoms with Crippen molar-refractivity contribution in [1.82, 2.24) is 9.80 Å². The van der Waals surface area contributed by atoms with Crippen LogP contribution >= 0.6 is 0 Å². The highest BCUT2D eigenvalue weighted by molar-refractivity contribution is 5.98. The van der Waals surface area contributed by atoms with Gasteiger partial charge < -0.3 is 24.7 Å². The van der Waals surface area contributed by atoms with Gasteiger partial charge >= 0.3 is 5.97 Å². The van der Waals surface area contributed by atoms with E-state index < -0.39 is 35.6 Å². The van der Waals surface area contributed by atoms with Crippen molar-refractivity contribution in [3.63, 3.8) is 0 Å². The van der Waals surface area contributed by atoms with Gasteiger partial charge in [0.25, 0.3) is 0 Å². The first-order chi connectivity index (χ1) is 13.4. The van der Waals surface area contributed by atoms with Gasteiger partial charge in [-0.25, -0.2) is 0 Å². The van der Waals surface area contributed by atoms with E-state index in [1.54, 1.807) is 11.0 Å². The van der Waals surface area contributed by atoms with E-state index in [-0.39, 0.29) is 25.0 Å². The summed E-state index contributed by atoms with van der Waals surface area (Å²) in [5.41, 5.74) is -1.08. The minimum Gasteiger partial charge on any atom is -0.481 e. The van der Waals surface area contributed by atoms with Gasteiger partial charge in [0.05, 0.1) is 17.9 Å². The van der Waals surface area contributed by atoms with Crippen LogP contribution in [-0.2, 0) is 19.1 Å². The Labute approximate surface area is 165 Å². The number of carbonyl (C=O) groups excluding carboxylic acids is 2. The van der Waals surface area contributed by atoms with Crippen molar-refractivity contribution in [3.8, 4) is 0 Å². The first kappa shape index (κ1) is 20.8. The minimum atomic E-state index is -1.08. The Morgan fingerprint density at radius 1 is 1.43 bits per heavy atom. The van der Waals surface area contributed by atoms with E-state index in [9.17, 15) is 24.6 Å². The van der Waals surface area contributed by atoms with Crippen molar-refractivity contribution < 1.29 is 29.3 Å². The van der Waals surface area contributed by atoms with Gasteiger partial charge in [0.2, 0.25) is 11.8 Å². The fourth-order valence-corrected chi connectivity index (χ4v) is 5.16. The number of fused-ring (bicyclic) bond motifs is 1. The Morgan fingerprint density at radius 3 is 2.79 bits per heavy atom. The Balaban J connectivity index is 1.98. The van der Waals surface area contributed by atoms with Gasteiger partial charge in [0.15, 0.2) is 0 Å². The van der Waals surface area contributed by atoms with Crippen LogP contribution in [0.3, 0.4) is 0 Å². The van der Waals surface area contributed by atoms with Crippen LogP contribution in [0.1, 0.15) is 39.0 Å². The molecule has 1 spiro atoms. The second-order valence-corrected chi connectivity index (χ2v) is 7.93. The number of unbranched alkanes of at least 4 members (excludes halogenated alkanes) is 1. The second kappa shape index (κ2) is 8.21. The number of aliphatic hydroxyl groups excluding tert-OH is 1. The highest BCUT2D eigenvalue weighted by atomic mass is 16.5. The number of carboxylic acid groups (broad SMARTS) is 1. The average molecular weight is 394 g/mol. The topological polar surface area (TPSA) is 107 Å². The molecule has 0 aliphatic carbocycles. The quantitative estimate of drug-likeness (QED) is 0.527. The summed E-state index contributed by atoms with van der Waals surface area (Å²) >= 11 is 0. The monoisotopic (exact) mass is 394 g/mol. The second-order valence-electron chi connectivity index (χ2n) is 7.93. The number of aliphatic hydroxyl groups is 1. The summed E-state index contributed by atoms with van der Waals surface area (Å²) in [6.07, 6.45) is 4.25. The van der Waals surface area contributed by atoms with Crippen LogP contribution in [0.5, 0.6) is 0 Å². The summed E-state index contributed by atoms with van der Waals surface area (Å²) in [5, 5.41) is 18.9. The summed E-state index contributed by atoms with van der Waals surface area (Å²) in [6, 6.07) is -0.845. The molecule has 2 bridgehead atoms. The Hall–Kier alpha value is -1.93. The summed E-state index contributed by atoms with van der Waals surface area (Å²) in [5.74, 6) is -3.36. The van der Waals surface area contributed by atoms with Crippen LogP contribution in [0, 0.1) is 11.8 Å². The first-order valence-electron chi connectivity index (χ1n) is 10.1. The van der Waals surface area contributed by atoms with E-state index in [1.807, 2.05) is 6.92 Å². The molecule has 3 aliphatic rings. The summed E-state index contributed by atoms with van der Waals surface area (Å²) in [6.45, 7) is 6.78. The van der Waals surface area contributed by atoms with Gasteiger partial charge in [0.1, 0.15) is 11.6 Å². The molecule has 3 fully saturated rings. The van der Waals surface area contributed by atoms with E-state index in [2.05, 4.69) is 6.58 Å². The molecule has 3 rings (SSSR count). The number of hydrogen-bond acceptors (Lipinski definition) is 5. The molecule has 0 aromatic rings. The highest BCUT2D eigenvalue weighted by Crippen LogP contribution is 2.58. The fraction of sp³-hybridized carbons (Fsp3) is 0.750. The molecule has 3 heterocycles. The molecule has 0 saturated carbocycles.